The van der Waals surface area contributed by atoms with Crippen LogP contribution in [0.1, 0.15) is 36.0 Å². The number of thioether (sulfide) groups is 1. The Kier molecular flexibility index (Phi) is 4.22. The minimum Gasteiger partial charge on any atom is -0.416 e. The molecule has 0 spiro atoms. The first-order valence-electron chi connectivity index (χ1n) is 7.96. The number of nitrogen functional groups attached to an aromatic ring is 1. The lowest BCUT2D eigenvalue weighted by Crippen LogP contribution is -2.06. The summed E-state index contributed by atoms with van der Waals surface area (Å²) in [7, 11) is 0. The van der Waals surface area contributed by atoms with Crippen molar-refractivity contribution in [3.8, 4) is 0 Å². The van der Waals surface area contributed by atoms with Crippen LogP contribution in [0, 0.1) is 6.92 Å². The fraction of sp³-hybridized carbons (Fsp3) is 0.312. The van der Waals surface area contributed by atoms with Crippen LogP contribution in [-0.2, 0) is 5.75 Å². The maximum Gasteiger partial charge on any atom is 0.277 e. The van der Waals surface area contributed by atoms with E-state index in [0.717, 1.165) is 24.4 Å². The fourth-order valence-corrected chi connectivity index (χ4v) is 2.85. The van der Waals surface area contributed by atoms with Gasteiger partial charge in [0, 0.05) is 11.6 Å². The summed E-state index contributed by atoms with van der Waals surface area (Å²) in [6.07, 6.45) is 2.26. The summed E-state index contributed by atoms with van der Waals surface area (Å²) < 4.78 is 5.62. The molecule has 1 fully saturated rings. The molecule has 128 valence electrons. The number of benzene rings is 1. The van der Waals surface area contributed by atoms with Crippen molar-refractivity contribution in [2.45, 2.75) is 36.7 Å². The number of anilines is 3. The van der Waals surface area contributed by atoms with Crippen molar-refractivity contribution >= 4 is 29.3 Å². The van der Waals surface area contributed by atoms with E-state index in [1.165, 1.54) is 17.3 Å². The van der Waals surface area contributed by atoms with Gasteiger partial charge < -0.3 is 15.5 Å². The van der Waals surface area contributed by atoms with Crippen LogP contribution in [0.3, 0.4) is 0 Å². The van der Waals surface area contributed by atoms with Crippen LogP contribution in [0.4, 0.5) is 17.6 Å². The SMILES string of the molecule is Cc1ccc(Nc2nc(N)nc(CSc3nnc(C4CC4)o3)n2)cc1. The molecule has 0 saturated heterocycles. The Labute approximate surface area is 148 Å². The molecule has 1 aliphatic rings. The lowest BCUT2D eigenvalue weighted by molar-refractivity contribution is 0.414. The van der Waals surface area contributed by atoms with Crippen molar-refractivity contribution in [1.82, 2.24) is 25.1 Å². The molecule has 1 aliphatic carbocycles. The summed E-state index contributed by atoms with van der Waals surface area (Å²) in [6.45, 7) is 2.03. The zero-order valence-corrected chi connectivity index (χ0v) is 14.5. The molecule has 3 N–H and O–H groups in total. The average molecular weight is 355 g/mol. The fourth-order valence-electron chi connectivity index (χ4n) is 2.22. The van der Waals surface area contributed by atoms with E-state index in [1.54, 1.807) is 0 Å². The van der Waals surface area contributed by atoms with E-state index >= 15 is 0 Å². The van der Waals surface area contributed by atoms with Crippen LogP contribution in [0.2, 0.25) is 0 Å². The summed E-state index contributed by atoms with van der Waals surface area (Å²) in [5.74, 6) is 2.78. The number of nitrogens with two attached hydrogens (primary N) is 1. The first-order chi connectivity index (χ1) is 12.2. The minimum atomic E-state index is 0.171. The predicted octanol–water partition coefficient (Wildman–Crippen LogP) is 3.06. The van der Waals surface area contributed by atoms with Crippen LogP contribution in [-0.4, -0.2) is 25.1 Å². The maximum atomic E-state index is 5.80. The van der Waals surface area contributed by atoms with Crippen LogP contribution >= 0.6 is 11.8 Å². The van der Waals surface area contributed by atoms with E-state index in [-0.39, 0.29) is 5.95 Å². The van der Waals surface area contributed by atoms with Gasteiger partial charge in [0.25, 0.3) is 5.22 Å². The number of nitrogens with one attached hydrogen (secondary N) is 1. The van der Waals surface area contributed by atoms with E-state index in [1.807, 2.05) is 31.2 Å². The molecule has 25 heavy (non-hydrogen) atoms. The summed E-state index contributed by atoms with van der Waals surface area (Å²) in [5.41, 5.74) is 7.87. The van der Waals surface area contributed by atoms with E-state index in [2.05, 4.69) is 30.5 Å². The standard InChI is InChI=1S/C16H17N7OS/c1-9-2-6-11(7-3-9)18-15-20-12(19-14(17)21-15)8-25-16-23-22-13(24-16)10-4-5-10/h2-3,6-7,10H,4-5,8H2,1H3,(H3,17,18,19,20,21). The van der Waals surface area contributed by atoms with Crippen molar-refractivity contribution in [3.63, 3.8) is 0 Å². The van der Waals surface area contributed by atoms with Crippen LogP contribution in [0.5, 0.6) is 0 Å². The second-order valence-corrected chi connectivity index (χ2v) is 6.82. The van der Waals surface area contributed by atoms with Gasteiger partial charge in [0.1, 0.15) is 5.82 Å². The van der Waals surface area contributed by atoms with Crippen molar-refractivity contribution in [1.29, 1.82) is 0 Å². The van der Waals surface area contributed by atoms with Crippen LogP contribution < -0.4 is 11.1 Å². The zero-order valence-electron chi connectivity index (χ0n) is 13.6. The number of nitrogens with zero attached hydrogens (tertiary/aromatic N) is 5. The number of hydrogen-bond acceptors (Lipinski definition) is 9. The molecule has 0 atom stereocenters. The topological polar surface area (TPSA) is 116 Å². The Morgan fingerprint density at radius 3 is 2.72 bits per heavy atom. The van der Waals surface area contributed by atoms with E-state index in [0.29, 0.717) is 28.7 Å². The first-order valence-corrected chi connectivity index (χ1v) is 8.94. The molecular formula is C16H17N7OS. The van der Waals surface area contributed by atoms with Gasteiger partial charge in [-0.3, -0.25) is 0 Å². The van der Waals surface area contributed by atoms with Crippen molar-refractivity contribution < 1.29 is 4.42 Å². The zero-order chi connectivity index (χ0) is 17.2. The van der Waals surface area contributed by atoms with Gasteiger partial charge in [-0.25, -0.2) is 0 Å². The summed E-state index contributed by atoms with van der Waals surface area (Å²) >= 11 is 1.39. The first kappa shape index (κ1) is 15.8. The molecular weight excluding hydrogens is 338 g/mol. The van der Waals surface area contributed by atoms with Gasteiger partial charge in [-0.1, -0.05) is 29.5 Å². The third-order valence-electron chi connectivity index (χ3n) is 3.68. The van der Waals surface area contributed by atoms with Crippen LogP contribution in [0.15, 0.2) is 33.9 Å². The average Bonchev–Trinajstić information content (AvgIpc) is 3.33. The van der Waals surface area contributed by atoms with Gasteiger partial charge in [-0.2, -0.15) is 15.0 Å². The Hall–Kier alpha value is -2.68. The van der Waals surface area contributed by atoms with Gasteiger partial charge in [0.15, 0.2) is 0 Å². The molecule has 0 radical (unpaired) electrons. The smallest absolute Gasteiger partial charge is 0.277 e. The van der Waals surface area contributed by atoms with Crippen LogP contribution in [0.25, 0.3) is 0 Å². The third kappa shape index (κ3) is 4.05. The molecule has 1 aromatic carbocycles. The molecule has 0 amide bonds. The second-order valence-electron chi connectivity index (χ2n) is 5.89. The van der Waals surface area contributed by atoms with Crippen molar-refractivity contribution in [2.24, 2.45) is 0 Å². The number of aryl methyl sites for hydroxylation is 1. The van der Waals surface area contributed by atoms with Gasteiger partial charge in [-0.15, -0.1) is 10.2 Å². The Bertz CT molecular complexity index is 876. The van der Waals surface area contributed by atoms with Gasteiger partial charge in [0.05, 0.1) is 5.75 Å². The summed E-state index contributed by atoms with van der Waals surface area (Å²) in [5, 5.41) is 11.8. The van der Waals surface area contributed by atoms with Crippen molar-refractivity contribution in [2.75, 3.05) is 11.1 Å². The number of hydrogen-bond donors (Lipinski definition) is 2. The highest BCUT2D eigenvalue weighted by molar-refractivity contribution is 7.98. The largest absolute Gasteiger partial charge is 0.416 e. The quantitative estimate of drug-likeness (QED) is 0.643. The Balaban J connectivity index is 1.43. The monoisotopic (exact) mass is 355 g/mol. The Morgan fingerprint density at radius 2 is 1.96 bits per heavy atom. The molecule has 0 aliphatic heterocycles. The third-order valence-corrected chi connectivity index (χ3v) is 4.49. The highest BCUT2D eigenvalue weighted by atomic mass is 32.2. The molecule has 9 heteroatoms. The van der Waals surface area contributed by atoms with Gasteiger partial charge >= 0.3 is 0 Å². The molecule has 1 saturated carbocycles. The maximum absolute atomic E-state index is 5.80. The van der Waals surface area contributed by atoms with E-state index < -0.39 is 0 Å². The van der Waals surface area contributed by atoms with Crippen molar-refractivity contribution in [3.05, 3.63) is 41.5 Å². The molecule has 2 aromatic heterocycles. The number of rotatable bonds is 6. The molecule has 2 heterocycles. The van der Waals surface area contributed by atoms with Gasteiger partial charge in [0.2, 0.25) is 17.8 Å². The second kappa shape index (κ2) is 6.67. The van der Waals surface area contributed by atoms with Gasteiger partial charge in [-0.05, 0) is 31.9 Å². The molecule has 4 rings (SSSR count). The lowest BCUT2D eigenvalue weighted by Gasteiger charge is -2.07. The summed E-state index contributed by atoms with van der Waals surface area (Å²) in [4.78, 5) is 12.7. The summed E-state index contributed by atoms with van der Waals surface area (Å²) in [6, 6.07) is 7.94. The minimum absolute atomic E-state index is 0.171. The van der Waals surface area contributed by atoms with E-state index in [9.17, 15) is 0 Å². The normalized spacial score (nSPS) is 13.8. The highest BCUT2D eigenvalue weighted by Crippen LogP contribution is 2.40. The molecule has 0 bridgehead atoms. The molecule has 3 aromatic rings. The predicted molar refractivity (Wildman–Crippen MR) is 94.5 cm³/mol. The van der Waals surface area contributed by atoms with E-state index in [4.69, 9.17) is 10.2 Å². The molecule has 0 unspecified atom stereocenters. The lowest BCUT2D eigenvalue weighted by atomic mass is 10.2. The number of aromatic nitrogens is 5. The Morgan fingerprint density at radius 1 is 1.16 bits per heavy atom. The highest BCUT2D eigenvalue weighted by Gasteiger charge is 2.29. The molecule has 8 nitrogen and oxygen atoms in total.